The minimum absolute atomic E-state index is 0.142. The summed E-state index contributed by atoms with van der Waals surface area (Å²) < 4.78 is 1.80. The Morgan fingerprint density at radius 2 is 1.71 bits per heavy atom. The van der Waals surface area contributed by atoms with Crippen LogP contribution in [0.3, 0.4) is 0 Å². The minimum atomic E-state index is 0.142. The highest BCUT2D eigenvalue weighted by Crippen LogP contribution is 2.37. The van der Waals surface area contributed by atoms with Gasteiger partial charge in [-0.05, 0) is 40.0 Å². The lowest BCUT2D eigenvalue weighted by molar-refractivity contribution is 0.0781. The van der Waals surface area contributed by atoms with Crippen LogP contribution in [0.25, 0.3) is 0 Å². The third kappa shape index (κ3) is 2.63. The summed E-state index contributed by atoms with van der Waals surface area (Å²) in [6.45, 7) is 9.55. The summed E-state index contributed by atoms with van der Waals surface area (Å²) in [5.74, 6) is 3.23. The van der Waals surface area contributed by atoms with E-state index < -0.39 is 0 Å². The molecule has 0 spiro atoms. The molecule has 0 radical (unpaired) electrons. The van der Waals surface area contributed by atoms with E-state index in [-0.39, 0.29) is 5.91 Å². The second kappa shape index (κ2) is 6.29. The van der Waals surface area contributed by atoms with Crippen LogP contribution in [0.15, 0.2) is 0 Å². The van der Waals surface area contributed by atoms with Gasteiger partial charge in [-0.3, -0.25) is 9.48 Å². The van der Waals surface area contributed by atoms with Crippen LogP contribution in [0, 0.1) is 32.6 Å². The molecule has 2 atom stereocenters. The molecule has 4 heterocycles. The zero-order chi connectivity index (χ0) is 19.6. The molecule has 2 aliphatic heterocycles. The Morgan fingerprint density at radius 3 is 2.36 bits per heavy atom. The molecule has 2 fully saturated rings. The fourth-order valence-corrected chi connectivity index (χ4v) is 5.37. The van der Waals surface area contributed by atoms with Gasteiger partial charge in [0.1, 0.15) is 11.6 Å². The van der Waals surface area contributed by atoms with Crippen LogP contribution in [0.5, 0.6) is 0 Å². The molecule has 148 valence electrons. The Morgan fingerprint density at radius 1 is 1.00 bits per heavy atom. The Balaban J connectivity index is 1.33. The van der Waals surface area contributed by atoms with Crippen molar-refractivity contribution in [2.24, 2.45) is 18.9 Å². The standard InChI is InChI=1S/C21H28N6O/c1-12-19(13(2)25(4)24-12)21(28)27-10-15-8-26(9-16(15)11-27)20-17-6-5-7-18(17)22-14(3)23-20/h15-16H,5-11H2,1-4H3. The monoisotopic (exact) mass is 380 g/mol. The molecule has 2 unspecified atom stereocenters. The van der Waals surface area contributed by atoms with Gasteiger partial charge in [0.25, 0.3) is 5.91 Å². The summed E-state index contributed by atoms with van der Waals surface area (Å²) in [5, 5.41) is 4.42. The largest absolute Gasteiger partial charge is 0.356 e. The number of nitrogens with zero attached hydrogens (tertiary/aromatic N) is 6. The first-order chi connectivity index (χ1) is 13.4. The van der Waals surface area contributed by atoms with Crippen molar-refractivity contribution in [1.29, 1.82) is 0 Å². The summed E-state index contributed by atoms with van der Waals surface area (Å²) in [4.78, 5) is 27.1. The van der Waals surface area contributed by atoms with Crippen LogP contribution in [0.1, 0.15) is 45.2 Å². The van der Waals surface area contributed by atoms with Gasteiger partial charge in [-0.25, -0.2) is 9.97 Å². The summed E-state index contributed by atoms with van der Waals surface area (Å²) in [6.07, 6.45) is 3.37. The first kappa shape index (κ1) is 17.6. The Labute approximate surface area is 165 Å². The number of fused-ring (bicyclic) bond motifs is 2. The molecule has 2 aromatic rings. The molecule has 2 aromatic heterocycles. The molecule has 0 bridgehead atoms. The Bertz CT molecular complexity index is 950. The quantitative estimate of drug-likeness (QED) is 0.795. The van der Waals surface area contributed by atoms with Crippen molar-refractivity contribution in [2.45, 2.75) is 40.0 Å². The van der Waals surface area contributed by atoms with Gasteiger partial charge in [0.15, 0.2) is 0 Å². The molecule has 0 aromatic carbocycles. The average molecular weight is 380 g/mol. The lowest BCUT2D eigenvalue weighted by Gasteiger charge is -2.24. The van der Waals surface area contributed by atoms with Crippen LogP contribution >= 0.6 is 0 Å². The van der Waals surface area contributed by atoms with Crippen molar-refractivity contribution in [3.63, 3.8) is 0 Å². The van der Waals surface area contributed by atoms with Crippen LogP contribution < -0.4 is 4.90 Å². The number of amides is 1. The van der Waals surface area contributed by atoms with Gasteiger partial charge in [-0.1, -0.05) is 0 Å². The number of likely N-dealkylation sites (tertiary alicyclic amines) is 1. The molecule has 7 nitrogen and oxygen atoms in total. The average Bonchev–Trinajstić information content (AvgIpc) is 3.37. The van der Waals surface area contributed by atoms with Crippen molar-refractivity contribution in [3.05, 3.63) is 34.0 Å². The lowest BCUT2D eigenvalue weighted by atomic mass is 10.0. The van der Waals surface area contributed by atoms with E-state index >= 15 is 0 Å². The van der Waals surface area contributed by atoms with E-state index in [0.29, 0.717) is 11.8 Å². The van der Waals surface area contributed by atoms with Crippen molar-refractivity contribution >= 4 is 11.7 Å². The number of hydrogen-bond acceptors (Lipinski definition) is 5. The highest BCUT2D eigenvalue weighted by Gasteiger charge is 2.43. The summed E-state index contributed by atoms with van der Waals surface area (Å²) in [7, 11) is 1.90. The van der Waals surface area contributed by atoms with Crippen LogP contribution in [-0.2, 0) is 19.9 Å². The van der Waals surface area contributed by atoms with Gasteiger partial charge >= 0.3 is 0 Å². The van der Waals surface area contributed by atoms with E-state index in [2.05, 4.69) is 15.0 Å². The fraction of sp³-hybridized carbons (Fsp3) is 0.619. The number of anilines is 1. The molecular formula is C21H28N6O. The van der Waals surface area contributed by atoms with Crippen LogP contribution in [0.2, 0.25) is 0 Å². The second-order valence-corrected chi connectivity index (χ2v) is 8.68. The molecule has 28 heavy (non-hydrogen) atoms. The normalized spacial score (nSPS) is 23.4. The van der Waals surface area contributed by atoms with Crippen LogP contribution in [0.4, 0.5) is 5.82 Å². The summed E-state index contributed by atoms with van der Waals surface area (Å²) in [6, 6.07) is 0. The topological polar surface area (TPSA) is 67.2 Å². The molecule has 0 N–H and O–H groups in total. The zero-order valence-corrected chi connectivity index (χ0v) is 17.2. The third-order valence-corrected chi connectivity index (χ3v) is 6.82. The molecule has 7 heteroatoms. The molecule has 1 aliphatic carbocycles. The number of aryl methyl sites for hydroxylation is 4. The maximum Gasteiger partial charge on any atom is 0.257 e. The fourth-order valence-electron chi connectivity index (χ4n) is 5.37. The highest BCUT2D eigenvalue weighted by molar-refractivity contribution is 5.96. The highest BCUT2D eigenvalue weighted by atomic mass is 16.2. The van der Waals surface area contributed by atoms with Gasteiger partial charge in [0, 0.05) is 62.0 Å². The van der Waals surface area contributed by atoms with Gasteiger partial charge in [-0.2, -0.15) is 5.10 Å². The van der Waals surface area contributed by atoms with Crippen LogP contribution in [-0.4, -0.2) is 56.7 Å². The SMILES string of the molecule is Cc1nc2c(c(N3CC4CN(C(=O)c5c(C)nn(C)c5C)CC4C3)n1)CCC2. The van der Waals surface area contributed by atoms with Gasteiger partial charge in [0.2, 0.25) is 0 Å². The molecule has 1 amide bonds. The maximum absolute atomic E-state index is 13.1. The van der Waals surface area contributed by atoms with E-state index in [4.69, 9.17) is 4.98 Å². The molecule has 5 rings (SSSR count). The Kier molecular flexibility index (Phi) is 3.96. The first-order valence-corrected chi connectivity index (χ1v) is 10.3. The Hall–Kier alpha value is -2.44. The van der Waals surface area contributed by atoms with Gasteiger partial charge in [-0.15, -0.1) is 0 Å². The van der Waals surface area contributed by atoms with Crippen molar-refractivity contribution in [1.82, 2.24) is 24.6 Å². The second-order valence-electron chi connectivity index (χ2n) is 8.68. The van der Waals surface area contributed by atoms with Crippen molar-refractivity contribution < 1.29 is 4.79 Å². The molecular weight excluding hydrogens is 352 g/mol. The molecule has 3 aliphatic rings. The summed E-state index contributed by atoms with van der Waals surface area (Å²) in [5.41, 5.74) is 5.17. The van der Waals surface area contributed by atoms with Crippen molar-refractivity contribution in [2.75, 3.05) is 31.1 Å². The predicted molar refractivity (Wildman–Crippen MR) is 107 cm³/mol. The third-order valence-electron chi connectivity index (χ3n) is 6.82. The van der Waals surface area contributed by atoms with Gasteiger partial charge < -0.3 is 9.80 Å². The molecule has 0 saturated carbocycles. The number of rotatable bonds is 2. The van der Waals surface area contributed by atoms with E-state index in [0.717, 1.165) is 67.6 Å². The summed E-state index contributed by atoms with van der Waals surface area (Å²) >= 11 is 0. The minimum Gasteiger partial charge on any atom is -0.356 e. The number of carbonyl (C=O) groups is 1. The number of hydrogen-bond donors (Lipinski definition) is 0. The predicted octanol–water partition coefficient (Wildman–Crippen LogP) is 1.83. The van der Waals surface area contributed by atoms with E-state index in [1.165, 1.54) is 17.7 Å². The van der Waals surface area contributed by atoms with Crippen molar-refractivity contribution in [3.8, 4) is 0 Å². The first-order valence-electron chi connectivity index (χ1n) is 10.3. The smallest absolute Gasteiger partial charge is 0.257 e. The van der Waals surface area contributed by atoms with E-state index in [9.17, 15) is 4.79 Å². The number of aromatic nitrogens is 4. The maximum atomic E-state index is 13.1. The lowest BCUT2D eigenvalue weighted by Crippen LogP contribution is -2.34. The van der Waals surface area contributed by atoms with E-state index in [1.54, 1.807) is 4.68 Å². The molecule has 2 saturated heterocycles. The zero-order valence-electron chi connectivity index (χ0n) is 17.2. The number of carbonyl (C=O) groups excluding carboxylic acids is 1. The van der Waals surface area contributed by atoms with E-state index in [1.807, 2.05) is 32.7 Å². The van der Waals surface area contributed by atoms with Gasteiger partial charge in [0.05, 0.1) is 11.3 Å².